The van der Waals surface area contributed by atoms with Crippen molar-refractivity contribution in [3.05, 3.63) is 34.3 Å². The second kappa shape index (κ2) is 5.54. The highest BCUT2D eigenvalue weighted by atomic mass is 79.9. The van der Waals surface area contributed by atoms with E-state index in [1.807, 2.05) is 12.1 Å². The van der Waals surface area contributed by atoms with E-state index in [1.165, 1.54) is 6.33 Å². The first-order valence-electron chi connectivity index (χ1n) is 5.05. The van der Waals surface area contributed by atoms with Crippen LogP contribution >= 0.6 is 27.5 Å². The van der Waals surface area contributed by atoms with E-state index < -0.39 is 0 Å². The Morgan fingerprint density at radius 1 is 1.17 bits per heavy atom. The molecule has 94 valence electrons. The van der Waals surface area contributed by atoms with Gasteiger partial charge in [0.05, 0.1) is 14.2 Å². The minimum absolute atomic E-state index is 0.375. The molecule has 0 unspecified atom stereocenters. The summed E-state index contributed by atoms with van der Waals surface area (Å²) in [6, 6.07) is 3.68. The second-order valence-corrected chi connectivity index (χ2v) is 4.54. The van der Waals surface area contributed by atoms with Gasteiger partial charge in [-0.3, -0.25) is 0 Å². The highest BCUT2D eigenvalue weighted by Crippen LogP contribution is 2.43. The average Bonchev–Trinajstić information content (AvgIpc) is 2.39. The summed E-state index contributed by atoms with van der Waals surface area (Å²) >= 11 is 9.50. The average molecular weight is 330 g/mol. The summed E-state index contributed by atoms with van der Waals surface area (Å²) in [5.41, 5.74) is 1.51. The van der Waals surface area contributed by atoms with E-state index in [9.17, 15) is 0 Å². The van der Waals surface area contributed by atoms with Gasteiger partial charge in [0.15, 0.2) is 0 Å². The number of methoxy groups -OCH3 is 2. The molecule has 2 aromatic rings. The first-order valence-corrected chi connectivity index (χ1v) is 6.22. The molecule has 2 rings (SSSR count). The van der Waals surface area contributed by atoms with Gasteiger partial charge in [-0.05, 0) is 28.1 Å². The zero-order chi connectivity index (χ0) is 13.1. The first kappa shape index (κ1) is 13.1. The van der Waals surface area contributed by atoms with E-state index in [0.717, 1.165) is 10.0 Å². The Kier molecular flexibility index (Phi) is 4.04. The van der Waals surface area contributed by atoms with Crippen LogP contribution in [0.2, 0.25) is 5.15 Å². The standard InChI is InChI=1S/C12H10BrClN2O2/c1-17-9-4-3-7(11(18-2)10(9)13)8-5-15-6-16-12(8)14/h3-6H,1-2H3. The number of hydrogen-bond acceptors (Lipinski definition) is 4. The van der Waals surface area contributed by atoms with Crippen LogP contribution in [-0.4, -0.2) is 24.2 Å². The molecule has 0 spiro atoms. The smallest absolute Gasteiger partial charge is 0.144 e. The molecule has 0 fully saturated rings. The number of halogens is 2. The molecule has 0 saturated heterocycles. The normalized spacial score (nSPS) is 10.2. The molecule has 18 heavy (non-hydrogen) atoms. The molecular weight excluding hydrogens is 320 g/mol. The first-order chi connectivity index (χ1) is 8.69. The number of benzene rings is 1. The largest absolute Gasteiger partial charge is 0.495 e. The van der Waals surface area contributed by atoms with E-state index in [1.54, 1.807) is 20.4 Å². The lowest BCUT2D eigenvalue weighted by Crippen LogP contribution is -1.94. The Bertz CT molecular complexity index is 578. The quantitative estimate of drug-likeness (QED) is 0.807. The number of aromatic nitrogens is 2. The van der Waals surface area contributed by atoms with Gasteiger partial charge in [-0.25, -0.2) is 9.97 Å². The molecule has 1 aromatic heterocycles. The number of hydrogen-bond donors (Lipinski definition) is 0. The fraction of sp³-hybridized carbons (Fsp3) is 0.167. The van der Waals surface area contributed by atoms with Crippen LogP contribution < -0.4 is 9.47 Å². The Morgan fingerprint density at radius 2 is 1.94 bits per heavy atom. The fourth-order valence-electron chi connectivity index (χ4n) is 1.60. The minimum atomic E-state index is 0.375. The zero-order valence-electron chi connectivity index (χ0n) is 9.78. The molecule has 4 nitrogen and oxygen atoms in total. The maximum Gasteiger partial charge on any atom is 0.144 e. The van der Waals surface area contributed by atoms with Crippen LogP contribution in [0.15, 0.2) is 29.1 Å². The maximum absolute atomic E-state index is 6.06. The summed E-state index contributed by atoms with van der Waals surface area (Å²) < 4.78 is 11.3. The highest BCUT2D eigenvalue weighted by molar-refractivity contribution is 9.10. The third kappa shape index (κ3) is 2.28. The Labute approximate surface area is 118 Å². The second-order valence-electron chi connectivity index (χ2n) is 3.39. The van der Waals surface area contributed by atoms with Crippen LogP contribution in [-0.2, 0) is 0 Å². The summed E-state index contributed by atoms with van der Waals surface area (Å²) in [5, 5.41) is 0.375. The van der Waals surface area contributed by atoms with Gasteiger partial charge in [-0.2, -0.15) is 0 Å². The van der Waals surface area contributed by atoms with Crippen molar-refractivity contribution >= 4 is 27.5 Å². The number of ether oxygens (including phenoxy) is 2. The zero-order valence-corrected chi connectivity index (χ0v) is 12.1. The topological polar surface area (TPSA) is 44.2 Å². The van der Waals surface area contributed by atoms with Gasteiger partial charge < -0.3 is 9.47 Å². The molecular formula is C12H10BrClN2O2. The van der Waals surface area contributed by atoms with Gasteiger partial charge in [0.25, 0.3) is 0 Å². The van der Waals surface area contributed by atoms with E-state index in [2.05, 4.69) is 25.9 Å². The van der Waals surface area contributed by atoms with Crippen molar-refractivity contribution in [2.75, 3.05) is 14.2 Å². The van der Waals surface area contributed by atoms with Crippen molar-refractivity contribution in [1.29, 1.82) is 0 Å². The molecule has 1 aromatic carbocycles. The van der Waals surface area contributed by atoms with Crippen molar-refractivity contribution in [2.45, 2.75) is 0 Å². The molecule has 0 atom stereocenters. The minimum Gasteiger partial charge on any atom is -0.495 e. The van der Waals surface area contributed by atoms with Gasteiger partial charge in [-0.15, -0.1) is 0 Å². The predicted molar refractivity (Wildman–Crippen MR) is 73.3 cm³/mol. The van der Waals surface area contributed by atoms with Crippen molar-refractivity contribution in [3.63, 3.8) is 0 Å². The van der Waals surface area contributed by atoms with Crippen molar-refractivity contribution in [1.82, 2.24) is 9.97 Å². The third-order valence-electron chi connectivity index (χ3n) is 2.44. The van der Waals surface area contributed by atoms with Gasteiger partial charge in [0.1, 0.15) is 27.5 Å². The SMILES string of the molecule is COc1ccc(-c2cncnc2Cl)c(OC)c1Br. The number of rotatable bonds is 3. The van der Waals surface area contributed by atoms with E-state index in [4.69, 9.17) is 21.1 Å². The van der Waals surface area contributed by atoms with Crippen molar-refractivity contribution < 1.29 is 9.47 Å². The molecule has 0 aliphatic rings. The van der Waals surface area contributed by atoms with Crippen LogP contribution in [0.5, 0.6) is 11.5 Å². The predicted octanol–water partition coefficient (Wildman–Crippen LogP) is 3.58. The molecule has 0 N–H and O–H groups in total. The maximum atomic E-state index is 6.06. The van der Waals surface area contributed by atoms with Crippen LogP contribution in [0.1, 0.15) is 0 Å². The van der Waals surface area contributed by atoms with Gasteiger partial charge in [0.2, 0.25) is 0 Å². The molecule has 0 amide bonds. The van der Waals surface area contributed by atoms with Crippen molar-refractivity contribution in [2.24, 2.45) is 0 Å². The Morgan fingerprint density at radius 3 is 2.56 bits per heavy atom. The molecule has 0 aliphatic carbocycles. The molecule has 0 bridgehead atoms. The lowest BCUT2D eigenvalue weighted by Gasteiger charge is -2.13. The summed E-state index contributed by atoms with van der Waals surface area (Å²) in [6.45, 7) is 0. The Hall–Kier alpha value is -1.33. The number of nitrogens with zero attached hydrogens (tertiary/aromatic N) is 2. The van der Waals surface area contributed by atoms with E-state index in [0.29, 0.717) is 22.2 Å². The molecule has 0 saturated carbocycles. The summed E-state index contributed by atoms with van der Waals surface area (Å²) in [4.78, 5) is 7.93. The van der Waals surface area contributed by atoms with E-state index in [-0.39, 0.29) is 0 Å². The fourth-order valence-corrected chi connectivity index (χ4v) is 2.47. The van der Waals surface area contributed by atoms with Crippen LogP contribution in [0.4, 0.5) is 0 Å². The summed E-state index contributed by atoms with van der Waals surface area (Å²) in [6.07, 6.45) is 3.04. The molecule has 0 aliphatic heterocycles. The molecule has 1 heterocycles. The van der Waals surface area contributed by atoms with Crippen LogP contribution in [0.3, 0.4) is 0 Å². The monoisotopic (exact) mass is 328 g/mol. The van der Waals surface area contributed by atoms with Crippen LogP contribution in [0, 0.1) is 0 Å². The highest BCUT2D eigenvalue weighted by Gasteiger charge is 2.16. The molecule has 0 radical (unpaired) electrons. The molecule has 6 heteroatoms. The lowest BCUT2D eigenvalue weighted by atomic mass is 10.1. The summed E-state index contributed by atoms with van der Waals surface area (Å²) in [7, 11) is 3.18. The van der Waals surface area contributed by atoms with E-state index >= 15 is 0 Å². The van der Waals surface area contributed by atoms with Gasteiger partial charge in [0, 0.05) is 17.3 Å². The lowest BCUT2D eigenvalue weighted by molar-refractivity contribution is 0.390. The van der Waals surface area contributed by atoms with Crippen LogP contribution in [0.25, 0.3) is 11.1 Å². The Balaban J connectivity index is 2.66. The van der Waals surface area contributed by atoms with Crippen molar-refractivity contribution in [3.8, 4) is 22.6 Å². The van der Waals surface area contributed by atoms with Gasteiger partial charge in [-0.1, -0.05) is 11.6 Å². The third-order valence-corrected chi connectivity index (χ3v) is 3.49. The van der Waals surface area contributed by atoms with Gasteiger partial charge >= 0.3 is 0 Å². The summed E-state index contributed by atoms with van der Waals surface area (Å²) in [5.74, 6) is 1.31.